The second-order valence-corrected chi connectivity index (χ2v) is 6.86. The smallest absolute Gasteiger partial charge is 0.265 e. The van der Waals surface area contributed by atoms with E-state index in [4.69, 9.17) is 14.2 Å². The number of Topliss-reactive ketones (excluding diaryl/α,β-unsaturated/α-hetero) is 1. The number of carbonyl (C=O) groups is 3. The van der Waals surface area contributed by atoms with Crippen LogP contribution < -0.4 is 19.7 Å². The monoisotopic (exact) mass is 430 g/mol. The van der Waals surface area contributed by atoms with E-state index in [2.05, 4.69) is 5.32 Å². The van der Waals surface area contributed by atoms with Crippen molar-refractivity contribution in [3.63, 3.8) is 0 Å². The number of rotatable bonds is 9. The molecule has 164 valence electrons. The Kier molecular flexibility index (Phi) is 7.19. The summed E-state index contributed by atoms with van der Waals surface area (Å²) in [5.74, 6) is -0.983. The molecule has 8 nitrogen and oxygen atoms in total. The highest BCUT2D eigenvalue weighted by atomic mass is 19.1. The summed E-state index contributed by atoms with van der Waals surface area (Å²) in [6.45, 7) is 1.72. The van der Waals surface area contributed by atoms with E-state index in [0.717, 1.165) is 0 Å². The predicted octanol–water partition coefficient (Wildman–Crippen LogP) is 1.96. The lowest BCUT2D eigenvalue weighted by molar-refractivity contribution is -0.127. The molecule has 0 fully saturated rings. The van der Waals surface area contributed by atoms with E-state index in [1.165, 1.54) is 36.3 Å². The van der Waals surface area contributed by atoms with Crippen LogP contribution in [0.4, 0.5) is 10.1 Å². The van der Waals surface area contributed by atoms with E-state index in [0.29, 0.717) is 24.6 Å². The van der Waals surface area contributed by atoms with Gasteiger partial charge in [-0.05, 0) is 37.3 Å². The van der Waals surface area contributed by atoms with Crippen LogP contribution in [0.15, 0.2) is 42.5 Å². The van der Waals surface area contributed by atoms with Crippen molar-refractivity contribution < 1.29 is 33.0 Å². The van der Waals surface area contributed by atoms with Gasteiger partial charge in [0.15, 0.2) is 19.0 Å². The third kappa shape index (κ3) is 5.37. The highest BCUT2D eigenvalue weighted by molar-refractivity contribution is 6.05. The van der Waals surface area contributed by atoms with Gasteiger partial charge in [-0.25, -0.2) is 4.39 Å². The topological polar surface area (TPSA) is 94.2 Å². The number of benzene rings is 2. The molecule has 3 rings (SSSR count). The third-order valence-electron chi connectivity index (χ3n) is 4.70. The summed E-state index contributed by atoms with van der Waals surface area (Å²) in [5, 5.41) is 2.70. The van der Waals surface area contributed by atoms with Gasteiger partial charge in [0.05, 0.1) is 12.3 Å². The molecule has 0 unspecified atom stereocenters. The van der Waals surface area contributed by atoms with Gasteiger partial charge in [-0.3, -0.25) is 19.3 Å². The number of halogens is 1. The highest BCUT2D eigenvalue weighted by Gasteiger charge is 2.33. The zero-order valence-corrected chi connectivity index (χ0v) is 17.2. The van der Waals surface area contributed by atoms with Crippen molar-refractivity contribution in [2.45, 2.75) is 13.0 Å². The number of carbonyl (C=O) groups excluding carboxylic acids is 3. The SMILES string of the molecule is COCCNC(=O)[C@H](C)N1C(=O)COc2ccc(C(=O)COc3cccc(F)c3)cc21. The first-order valence-corrected chi connectivity index (χ1v) is 9.68. The molecule has 2 aromatic carbocycles. The molecule has 0 spiro atoms. The molecule has 0 saturated heterocycles. The van der Waals surface area contributed by atoms with Gasteiger partial charge in [0, 0.05) is 25.3 Å². The van der Waals surface area contributed by atoms with Crippen LogP contribution in [0.25, 0.3) is 0 Å². The number of hydrogen-bond acceptors (Lipinski definition) is 6. The Labute approximate surface area is 178 Å². The van der Waals surface area contributed by atoms with Gasteiger partial charge in [0.2, 0.25) is 5.91 Å². The average molecular weight is 430 g/mol. The fourth-order valence-electron chi connectivity index (χ4n) is 3.10. The van der Waals surface area contributed by atoms with Gasteiger partial charge in [0.1, 0.15) is 23.4 Å². The number of nitrogens with one attached hydrogen (secondary N) is 1. The number of hydrogen-bond donors (Lipinski definition) is 1. The van der Waals surface area contributed by atoms with E-state index in [1.54, 1.807) is 25.1 Å². The van der Waals surface area contributed by atoms with Crippen molar-refractivity contribution in [2.24, 2.45) is 0 Å². The summed E-state index contributed by atoms with van der Waals surface area (Å²) in [6, 6.07) is 9.26. The summed E-state index contributed by atoms with van der Waals surface area (Å²) in [7, 11) is 1.52. The van der Waals surface area contributed by atoms with Crippen molar-refractivity contribution in [3.05, 3.63) is 53.8 Å². The minimum Gasteiger partial charge on any atom is -0.485 e. The van der Waals surface area contributed by atoms with Crippen molar-refractivity contribution in [1.29, 1.82) is 0 Å². The zero-order chi connectivity index (χ0) is 22.4. The first-order chi connectivity index (χ1) is 14.9. The molecule has 1 heterocycles. The fraction of sp³-hybridized carbons (Fsp3) is 0.318. The van der Waals surface area contributed by atoms with Gasteiger partial charge >= 0.3 is 0 Å². The van der Waals surface area contributed by atoms with Crippen LogP contribution in [0, 0.1) is 5.82 Å². The summed E-state index contributed by atoms with van der Waals surface area (Å²) < 4.78 is 29.0. The standard InChI is InChI=1S/C22H23FN2O6/c1-14(22(28)24-8-9-29-2)25-18-10-15(6-7-20(18)31-13-21(25)27)19(26)12-30-17-5-3-4-16(23)11-17/h3-7,10-11,14H,8-9,12-13H2,1-2H3,(H,24,28)/t14-/m0/s1. The van der Waals surface area contributed by atoms with Gasteiger partial charge in [-0.15, -0.1) is 0 Å². The second-order valence-electron chi connectivity index (χ2n) is 6.86. The lowest BCUT2D eigenvalue weighted by Crippen LogP contribution is -2.51. The maximum absolute atomic E-state index is 13.3. The number of fused-ring (bicyclic) bond motifs is 1. The summed E-state index contributed by atoms with van der Waals surface area (Å²) in [4.78, 5) is 38.9. The third-order valence-corrected chi connectivity index (χ3v) is 4.70. The van der Waals surface area contributed by atoms with Crippen LogP contribution in [0.1, 0.15) is 17.3 Å². The number of methoxy groups -OCH3 is 1. The molecule has 0 aliphatic carbocycles. The van der Waals surface area contributed by atoms with Crippen molar-refractivity contribution >= 4 is 23.3 Å². The first kappa shape index (κ1) is 22.2. The molecule has 0 aromatic heterocycles. The molecule has 9 heteroatoms. The lowest BCUT2D eigenvalue weighted by Gasteiger charge is -2.33. The second kappa shape index (κ2) is 10.0. The molecule has 1 aliphatic heterocycles. The van der Waals surface area contributed by atoms with Crippen LogP contribution in [-0.2, 0) is 14.3 Å². The Morgan fingerprint density at radius 2 is 2.06 bits per heavy atom. The molecule has 2 aromatic rings. The summed E-state index contributed by atoms with van der Waals surface area (Å²) in [6.07, 6.45) is 0. The molecule has 1 atom stereocenters. The van der Waals surface area contributed by atoms with Crippen LogP contribution >= 0.6 is 0 Å². The number of ether oxygens (including phenoxy) is 3. The molecule has 1 N–H and O–H groups in total. The minimum atomic E-state index is -0.819. The molecule has 0 radical (unpaired) electrons. The average Bonchev–Trinajstić information content (AvgIpc) is 2.76. The van der Waals surface area contributed by atoms with Gasteiger partial charge in [-0.2, -0.15) is 0 Å². The van der Waals surface area contributed by atoms with Crippen LogP contribution in [0.5, 0.6) is 11.5 Å². The van der Waals surface area contributed by atoms with Crippen LogP contribution in [0.3, 0.4) is 0 Å². The lowest BCUT2D eigenvalue weighted by atomic mass is 10.1. The fourth-order valence-corrected chi connectivity index (χ4v) is 3.10. The Morgan fingerprint density at radius 3 is 2.81 bits per heavy atom. The summed E-state index contributed by atoms with van der Waals surface area (Å²) >= 11 is 0. The molecule has 31 heavy (non-hydrogen) atoms. The normalized spacial score (nSPS) is 13.8. The quantitative estimate of drug-likeness (QED) is 0.483. The van der Waals surface area contributed by atoms with Crippen molar-refractivity contribution in [1.82, 2.24) is 5.32 Å². The summed E-state index contributed by atoms with van der Waals surface area (Å²) in [5.41, 5.74) is 0.590. The Morgan fingerprint density at radius 1 is 1.26 bits per heavy atom. The highest BCUT2D eigenvalue weighted by Crippen LogP contribution is 2.34. The van der Waals surface area contributed by atoms with Gasteiger partial charge in [0.25, 0.3) is 5.91 Å². The maximum Gasteiger partial charge on any atom is 0.265 e. The molecule has 0 saturated carbocycles. The van der Waals surface area contributed by atoms with E-state index in [1.807, 2.05) is 0 Å². The number of ketones is 1. The largest absolute Gasteiger partial charge is 0.485 e. The van der Waals surface area contributed by atoms with Gasteiger partial charge in [-0.1, -0.05) is 6.07 Å². The maximum atomic E-state index is 13.3. The molecular weight excluding hydrogens is 407 g/mol. The molecule has 2 amide bonds. The van der Waals surface area contributed by atoms with Crippen LogP contribution in [0.2, 0.25) is 0 Å². The van der Waals surface area contributed by atoms with E-state index < -0.39 is 17.8 Å². The Hall–Kier alpha value is -3.46. The van der Waals surface area contributed by atoms with E-state index in [9.17, 15) is 18.8 Å². The first-order valence-electron chi connectivity index (χ1n) is 9.68. The van der Waals surface area contributed by atoms with Crippen molar-refractivity contribution in [3.8, 4) is 11.5 Å². The predicted molar refractivity (Wildman–Crippen MR) is 110 cm³/mol. The zero-order valence-electron chi connectivity index (χ0n) is 17.2. The Balaban J connectivity index is 1.77. The van der Waals surface area contributed by atoms with Gasteiger partial charge < -0.3 is 19.5 Å². The number of anilines is 1. The van der Waals surface area contributed by atoms with E-state index >= 15 is 0 Å². The number of amides is 2. The molecule has 1 aliphatic rings. The van der Waals surface area contributed by atoms with E-state index in [-0.39, 0.29) is 36.2 Å². The molecular formula is C22H23FN2O6. The minimum absolute atomic E-state index is 0.210. The molecule has 0 bridgehead atoms. The number of nitrogens with zero attached hydrogens (tertiary/aromatic N) is 1. The van der Waals surface area contributed by atoms with Crippen LogP contribution in [-0.4, -0.2) is 57.1 Å². The Bertz CT molecular complexity index is 980. The van der Waals surface area contributed by atoms with Crippen molar-refractivity contribution in [2.75, 3.05) is 38.4 Å².